The van der Waals surface area contributed by atoms with Gasteiger partial charge in [0.25, 0.3) is 0 Å². The van der Waals surface area contributed by atoms with Crippen LogP contribution in [-0.4, -0.2) is 193 Å². The fourth-order valence-electron chi connectivity index (χ4n) is 8.54. The molecule has 3 saturated heterocycles. The number of nitrogens with one attached hydrogen (secondary N) is 1. The molecule has 19 nitrogen and oxygen atoms in total. The van der Waals surface area contributed by atoms with E-state index in [4.69, 9.17) is 28.4 Å². The van der Waals surface area contributed by atoms with Crippen molar-refractivity contribution in [1.82, 2.24) is 5.32 Å². The number of rotatable bonds is 34. The van der Waals surface area contributed by atoms with Crippen LogP contribution in [0.15, 0.2) is 24.3 Å². The maximum atomic E-state index is 12.6. The molecule has 3 rings (SSSR count). The lowest BCUT2D eigenvalue weighted by atomic mass is 9.96. The van der Waals surface area contributed by atoms with E-state index in [2.05, 4.69) is 24.4 Å². The molecule has 0 aromatic rings. The number of aliphatic hydroxyl groups is 11. The summed E-state index contributed by atoms with van der Waals surface area (Å²) in [6.07, 6.45) is 4.02. The van der Waals surface area contributed by atoms with Crippen molar-refractivity contribution >= 4 is 5.91 Å². The molecule has 0 aromatic carbocycles. The first-order valence-electron chi connectivity index (χ1n) is 25.1. The number of unbranched alkanes of at least 4 members (excludes halogenated alkanes) is 16. The Bertz CT molecular complexity index is 1340. The van der Waals surface area contributed by atoms with Crippen molar-refractivity contribution in [3.63, 3.8) is 0 Å². The Balaban J connectivity index is 1.43. The van der Waals surface area contributed by atoms with E-state index in [1.807, 2.05) is 13.0 Å². The molecule has 0 saturated carbocycles. The molecule has 0 radical (unpaired) electrons. The fourth-order valence-corrected chi connectivity index (χ4v) is 8.54. The summed E-state index contributed by atoms with van der Waals surface area (Å²) < 4.78 is 33.8. The second-order valence-electron chi connectivity index (χ2n) is 18.3. The van der Waals surface area contributed by atoms with Crippen LogP contribution >= 0.6 is 0 Å². The summed E-state index contributed by atoms with van der Waals surface area (Å²) in [5, 5.41) is 118. The van der Waals surface area contributed by atoms with Gasteiger partial charge in [0.15, 0.2) is 18.9 Å². The number of carbonyl (C=O) groups excluding carboxylic acids is 1. The number of allylic oxidation sites excluding steroid dienone is 3. The van der Waals surface area contributed by atoms with Gasteiger partial charge < -0.3 is 89.9 Å². The molecule has 19 heteroatoms. The van der Waals surface area contributed by atoms with Crippen LogP contribution < -0.4 is 5.32 Å². The first kappa shape index (κ1) is 59.6. The van der Waals surface area contributed by atoms with Gasteiger partial charge in [-0.3, -0.25) is 4.79 Å². The largest absolute Gasteiger partial charge is 0.394 e. The number of hydrogen-bond donors (Lipinski definition) is 12. The number of carbonyl (C=O) groups is 1. The number of amides is 1. The summed E-state index contributed by atoms with van der Waals surface area (Å²) in [7, 11) is 0. The third kappa shape index (κ3) is 20.1. The average Bonchev–Trinajstić information content (AvgIpc) is 3.32. The van der Waals surface area contributed by atoms with Crippen molar-refractivity contribution in [3.05, 3.63) is 24.3 Å². The molecule has 0 spiro atoms. The fraction of sp³-hybridized carbons (Fsp3) is 0.896. The maximum absolute atomic E-state index is 12.6. The molecule has 12 N–H and O–H groups in total. The highest BCUT2D eigenvalue weighted by molar-refractivity contribution is 5.76. The van der Waals surface area contributed by atoms with Crippen LogP contribution in [0.5, 0.6) is 0 Å². The molecule has 392 valence electrons. The lowest BCUT2D eigenvalue weighted by molar-refractivity contribution is -0.379. The Morgan fingerprint density at radius 2 is 0.955 bits per heavy atom. The Kier molecular flexibility index (Phi) is 30.0. The maximum Gasteiger partial charge on any atom is 0.220 e. The predicted octanol–water partition coefficient (Wildman–Crippen LogP) is 1.25. The molecule has 3 fully saturated rings. The van der Waals surface area contributed by atoms with E-state index in [0.717, 1.165) is 19.3 Å². The van der Waals surface area contributed by atoms with Crippen LogP contribution in [0.3, 0.4) is 0 Å². The standard InChI is InChI=1S/C48H87NO18/c1-3-5-6-7-8-9-10-11-12-13-14-15-16-17-18-19-20-21-22-23-24-26-32(53)31(49-36(54)25-4-2)30-62-46-42(60)39(57)44(34(28-51)64-46)67-48-43(61)40(58)45(35(29-52)65-48)66-47-41(59)38(56)37(55)33(27-50)63-47/h20-21,24,26,31-35,37-48,50-53,55-61H,3-19,22-23,25,27-30H2,1-2H3,(H,49,54)/b21-20+,26-24+. The molecular weight excluding hydrogens is 879 g/mol. The van der Waals surface area contributed by atoms with E-state index in [-0.39, 0.29) is 18.9 Å². The summed E-state index contributed by atoms with van der Waals surface area (Å²) in [5.74, 6) is -0.340. The molecule has 67 heavy (non-hydrogen) atoms. The van der Waals surface area contributed by atoms with Crippen LogP contribution in [0, 0.1) is 0 Å². The van der Waals surface area contributed by atoms with Crippen LogP contribution in [0.4, 0.5) is 0 Å². The van der Waals surface area contributed by atoms with Crippen molar-refractivity contribution in [3.8, 4) is 0 Å². The molecule has 17 atom stereocenters. The zero-order chi connectivity index (χ0) is 49.1. The highest BCUT2D eigenvalue weighted by Gasteiger charge is 2.53. The Hall–Kier alpha value is -1.73. The van der Waals surface area contributed by atoms with Crippen LogP contribution in [0.1, 0.15) is 142 Å². The second kappa shape index (κ2) is 33.8. The van der Waals surface area contributed by atoms with Crippen molar-refractivity contribution < 1.29 is 89.4 Å². The van der Waals surface area contributed by atoms with E-state index in [0.29, 0.717) is 12.8 Å². The highest BCUT2D eigenvalue weighted by Crippen LogP contribution is 2.33. The average molecular weight is 966 g/mol. The first-order valence-corrected chi connectivity index (χ1v) is 25.1. The van der Waals surface area contributed by atoms with Crippen LogP contribution in [0.2, 0.25) is 0 Å². The highest BCUT2D eigenvalue weighted by atomic mass is 16.8. The van der Waals surface area contributed by atoms with Gasteiger partial charge in [0.1, 0.15) is 73.2 Å². The molecule has 3 heterocycles. The van der Waals surface area contributed by atoms with Gasteiger partial charge >= 0.3 is 0 Å². The molecule has 0 bridgehead atoms. The molecule has 3 aliphatic rings. The van der Waals surface area contributed by atoms with Gasteiger partial charge in [0, 0.05) is 6.42 Å². The van der Waals surface area contributed by atoms with E-state index < -0.39 is 124 Å². The molecule has 17 unspecified atom stereocenters. The van der Waals surface area contributed by atoms with Gasteiger partial charge in [-0.1, -0.05) is 128 Å². The topological polar surface area (TPSA) is 307 Å². The van der Waals surface area contributed by atoms with E-state index >= 15 is 0 Å². The summed E-state index contributed by atoms with van der Waals surface area (Å²) in [6, 6.07) is -0.980. The van der Waals surface area contributed by atoms with Gasteiger partial charge in [-0.25, -0.2) is 0 Å². The molecular formula is C48H87NO18. The minimum Gasteiger partial charge on any atom is -0.394 e. The van der Waals surface area contributed by atoms with Crippen molar-refractivity contribution in [2.24, 2.45) is 0 Å². The summed E-state index contributed by atoms with van der Waals surface area (Å²) in [5.41, 5.74) is 0. The Morgan fingerprint density at radius 3 is 1.46 bits per heavy atom. The lowest BCUT2D eigenvalue weighted by Gasteiger charge is -2.48. The van der Waals surface area contributed by atoms with E-state index in [9.17, 15) is 61.0 Å². The van der Waals surface area contributed by atoms with Crippen molar-refractivity contribution in [2.45, 2.75) is 247 Å². The van der Waals surface area contributed by atoms with E-state index in [1.165, 1.54) is 89.9 Å². The molecule has 3 aliphatic heterocycles. The third-order valence-corrected chi connectivity index (χ3v) is 12.7. The molecule has 1 amide bonds. The quantitative estimate of drug-likeness (QED) is 0.0319. The van der Waals surface area contributed by atoms with Crippen LogP contribution in [0.25, 0.3) is 0 Å². The van der Waals surface area contributed by atoms with Gasteiger partial charge in [-0.2, -0.15) is 0 Å². The smallest absolute Gasteiger partial charge is 0.220 e. The van der Waals surface area contributed by atoms with Gasteiger partial charge in [-0.15, -0.1) is 0 Å². The lowest BCUT2D eigenvalue weighted by Crippen LogP contribution is -2.66. The van der Waals surface area contributed by atoms with Crippen molar-refractivity contribution in [2.75, 3.05) is 26.4 Å². The Morgan fingerprint density at radius 1 is 0.522 bits per heavy atom. The van der Waals surface area contributed by atoms with Gasteiger partial charge in [0.05, 0.1) is 38.6 Å². The predicted molar refractivity (Wildman–Crippen MR) is 245 cm³/mol. The summed E-state index contributed by atoms with van der Waals surface area (Å²) >= 11 is 0. The van der Waals surface area contributed by atoms with Gasteiger partial charge in [-0.05, 0) is 32.1 Å². The first-order chi connectivity index (χ1) is 32.3. The van der Waals surface area contributed by atoms with E-state index in [1.54, 1.807) is 6.08 Å². The number of hydrogen-bond acceptors (Lipinski definition) is 18. The normalized spacial score (nSPS) is 33.7. The minimum atomic E-state index is -1.97. The SMILES string of the molecule is CCCCCCCCCCCCCCCCC/C=C/CC/C=C/C(O)C(COC1OC(CO)C(OC2OC(CO)C(OC3OC(CO)C(O)C(O)C3O)C(O)C2O)C(O)C1O)NC(=O)CCC. The second-order valence-corrected chi connectivity index (χ2v) is 18.3. The molecule has 0 aliphatic carbocycles. The summed E-state index contributed by atoms with van der Waals surface area (Å²) in [4.78, 5) is 12.6. The zero-order valence-corrected chi connectivity index (χ0v) is 39.9. The number of ether oxygens (including phenoxy) is 6. The molecule has 0 aromatic heterocycles. The number of aliphatic hydroxyl groups excluding tert-OH is 11. The monoisotopic (exact) mass is 966 g/mol. The summed E-state index contributed by atoms with van der Waals surface area (Å²) in [6.45, 7) is 1.29. The van der Waals surface area contributed by atoms with Crippen molar-refractivity contribution in [1.29, 1.82) is 0 Å². The minimum absolute atomic E-state index is 0.186. The zero-order valence-electron chi connectivity index (χ0n) is 39.9. The van der Waals surface area contributed by atoms with Gasteiger partial charge in [0.2, 0.25) is 5.91 Å². The third-order valence-electron chi connectivity index (χ3n) is 12.7. The Labute approximate surface area is 397 Å². The van der Waals surface area contributed by atoms with Crippen LogP contribution in [-0.2, 0) is 33.2 Å².